The molecule has 2 amide bonds. The number of benzene rings is 2. The number of carbonyl (C=O) groups is 2. The van der Waals surface area contributed by atoms with Crippen molar-refractivity contribution in [3.63, 3.8) is 0 Å². The largest absolute Gasteiger partial charge is 0.486 e. The summed E-state index contributed by atoms with van der Waals surface area (Å²) in [6.45, 7) is 1.58. The Morgan fingerprint density at radius 3 is 2.81 bits per heavy atom. The van der Waals surface area contributed by atoms with E-state index in [0.29, 0.717) is 48.4 Å². The van der Waals surface area contributed by atoms with E-state index in [1.807, 2.05) is 18.2 Å². The third-order valence-corrected chi connectivity index (χ3v) is 4.84. The van der Waals surface area contributed by atoms with Gasteiger partial charge in [0.1, 0.15) is 13.2 Å². The quantitative estimate of drug-likeness (QED) is 0.874. The molecule has 1 N–H and O–H groups in total. The zero-order valence-corrected chi connectivity index (χ0v) is 15.4. The lowest BCUT2D eigenvalue weighted by atomic mass is 10.1. The van der Waals surface area contributed by atoms with Crippen molar-refractivity contribution in [1.29, 1.82) is 0 Å². The smallest absolute Gasteiger partial charge is 0.228 e. The molecule has 2 aromatic rings. The molecule has 1 fully saturated rings. The van der Waals surface area contributed by atoms with Gasteiger partial charge in [-0.05, 0) is 36.2 Å². The Hall–Kier alpha value is -2.73. The van der Waals surface area contributed by atoms with Gasteiger partial charge in [0.15, 0.2) is 11.5 Å². The molecule has 0 aromatic heterocycles. The zero-order chi connectivity index (χ0) is 18.8. The number of anilines is 2. The number of amides is 2. The standard InChI is InChI=1S/C20H19ClN2O4/c21-14-10-13(11-17-20(14)27-9-8-26-17)12-18(24)22-15-4-1-2-5-16(15)23-7-3-6-19(23)25/h1-2,4-5,10-11H,3,6-9,12H2,(H,22,24). The first kappa shape index (κ1) is 17.7. The number of hydrogen-bond donors (Lipinski definition) is 1. The maximum atomic E-state index is 12.6. The second-order valence-corrected chi connectivity index (χ2v) is 6.90. The summed E-state index contributed by atoms with van der Waals surface area (Å²) in [5.74, 6) is 0.960. The van der Waals surface area contributed by atoms with Crippen LogP contribution in [0.2, 0.25) is 5.02 Å². The third kappa shape index (κ3) is 3.71. The number of nitrogens with one attached hydrogen (secondary N) is 1. The Morgan fingerprint density at radius 2 is 2.00 bits per heavy atom. The predicted octanol–water partition coefficient (Wildman–Crippen LogP) is 3.42. The minimum Gasteiger partial charge on any atom is -0.486 e. The van der Waals surface area contributed by atoms with Crippen LogP contribution in [-0.4, -0.2) is 31.6 Å². The molecular formula is C20H19ClN2O4. The van der Waals surface area contributed by atoms with Crippen LogP contribution in [0.1, 0.15) is 18.4 Å². The molecule has 6 nitrogen and oxygen atoms in total. The molecule has 0 atom stereocenters. The van der Waals surface area contributed by atoms with Gasteiger partial charge in [0, 0.05) is 13.0 Å². The summed E-state index contributed by atoms with van der Waals surface area (Å²) in [6, 6.07) is 10.8. The first-order valence-electron chi connectivity index (χ1n) is 8.89. The van der Waals surface area contributed by atoms with Crippen LogP contribution in [0.5, 0.6) is 11.5 Å². The second kappa shape index (κ2) is 7.48. The molecular weight excluding hydrogens is 368 g/mol. The lowest BCUT2D eigenvalue weighted by Crippen LogP contribution is -2.26. The second-order valence-electron chi connectivity index (χ2n) is 6.49. The van der Waals surface area contributed by atoms with E-state index in [1.165, 1.54) is 0 Å². The van der Waals surface area contributed by atoms with Gasteiger partial charge in [0.05, 0.1) is 22.8 Å². The van der Waals surface area contributed by atoms with Gasteiger partial charge < -0.3 is 19.7 Å². The van der Waals surface area contributed by atoms with E-state index < -0.39 is 0 Å². The Bertz CT molecular complexity index is 900. The first-order valence-corrected chi connectivity index (χ1v) is 9.27. The van der Waals surface area contributed by atoms with Crippen molar-refractivity contribution in [1.82, 2.24) is 0 Å². The lowest BCUT2D eigenvalue weighted by molar-refractivity contribution is -0.117. The minimum absolute atomic E-state index is 0.0790. The maximum absolute atomic E-state index is 12.6. The highest BCUT2D eigenvalue weighted by molar-refractivity contribution is 6.32. The fourth-order valence-corrected chi connectivity index (χ4v) is 3.65. The number of ether oxygens (including phenoxy) is 2. The summed E-state index contributed by atoms with van der Waals surface area (Å²) >= 11 is 6.24. The maximum Gasteiger partial charge on any atom is 0.228 e. The Labute approximate surface area is 162 Å². The van der Waals surface area contributed by atoms with Crippen LogP contribution in [0.4, 0.5) is 11.4 Å². The molecule has 0 spiro atoms. The highest BCUT2D eigenvalue weighted by atomic mass is 35.5. The summed E-state index contributed by atoms with van der Waals surface area (Å²) < 4.78 is 11.1. The number of para-hydroxylation sites is 2. The van der Waals surface area contributed by atoms with Crippen molar-refractivity contribution in [3.05, 3.63) is 47.0 Å². The Morgan fingerprint density at radius 1 is 1.19 bits per heavy atom. The van der Waals surface area contributed by atoms with E-state index in [-0.39, 0.29) is 18.2 Å². The van der Waals surface area contributed by atoms with Gasteiger partial charge in [0.2, 0.25) is 11.8 Å². The van der Waals surface area contributed by atoms with Crippen molar-refractivity contribution in [2.24, 2.45) is 0 Å². The summed E-state index contributed by atoms with van der Waals surface area (Å²) in [5.41, 5.74) is 2.09. The molecule has 2 aliphatic heterocycles. The molecule has 0 bridgehead atoms. The van der Waals surface area contributed by atoms with Gasteiger partial charge in [-0.1, -0.05) is 23.7 Å². The molecule has 0 aliphatic carbocycles. The SMILES string of the molecule is O=C(Cc1cc(Cl)c2c(c1)OCCO2)Nc1ccccc1N1CCCC1=O. The van der Waals surface area contributed by atoms with E-state index >= 15 is 0 Å². The number of fused-ring (bicyclic) bond motifs is 1. The fraction of sp³-hybridized carbons (Fsp3) is 0.300. The molecule has 7 heteroatoms. The average molecular weight is 387 g/mol. The monoisotopic (exact) mass is 386 g/mol. The van der Waals surface area contributed by atoms with Crippen LogP contribution in [-0.2, 0) is 16.0 Å². The molecule has 0 saturated carbocycles. The number of rotatable bonds is 4. The molecule has 2 aliphatic rings. The van der Waals surface area contributed by atoms with Gasteiger partial charge in [-0.25, -0.2) is 0 Å². The predicted molar refractivity (Wildman–Crippen MR) is 103 cm³/mol. The topological polar surface area (TPSA) is 67.9 Å². The van der Waals surface area contributed by atoms with E-state index in [9.17, 15) is 9.59 Å². The number of hydrogen-bond acceptors (Lipinski definition) is 4. The summed E-state index contributed by atoms with van der Waals surface area (Å²) in [7, 11) is 0. The molecule has 4 rings (SSSR count). The number of carbonyl (C=O) groups excluding carboxylic acids is 2. The zero-order valence-electron chi connectivity index (χ0n) is 14.7. The van der Waals surface area contributed by atoms with Crippen molar-refractivity contribution in [2.75, 3.05) is 30.0 Å². The third-order valence-electron chi connectivity index (χ3n) is 4.56. The van der Waals surface area contributed by atoms with Gasteiger partial charge >= 0.3 is 0 Å². The first-order chi connectivity index (χ1) is 13.1. The van der Waals surface area contributed by atoms with Crippen LogP contribution in [0.15, 0.2) is 36.4 Å². The molecule has 0 radical (unpaired) electrons. The summed E-state index contributed by atoms with van der Waals surface area (Å²) in [6.07, 6.45) is 1.51. The van der Waals surface area contributed by atoms with E-state index in [4.69, 9.17) is 21.1 Å². The van der Waals surface area contributed by atoms with Crippen molar-refractivity contribution >= 4 is 34.8 Å². The minimum atomic E-state index is -0.193. The highest BCUT2D eigenvalue weighted by Gasteiger charge is 2.24. The molecule has 140 valence electrons. The fourth-order valence-electron chi connectivity index (χ4n) is 3.36. The van der Waals surface area contributed by atoms with E-state index in [1.54, 1.807) is 23.1 Å². The van der Waals surface area contributed by atoms with Gasteiger partial charge in [-0.3, -0.25) is 9.59 Å². The van der Waals surface area contributed by atoms with Gasteiger partial charge in [-0.2, -0.15) is 0 Å². The normalized spacial score (nSPS) is 15.7. The van der Waals surface area contributed by atoms with Crippen LogP contribution in [0.25, 0.3) is 0 Å². The molecule has 2 aromatic carbocycles. The highest BCUT2D eigenvalue weighted by Crippen LogP contribution is 2.38. The van der Waals surface area contributed by atoms with Gasteiger partial charge in [0.25, 0.3) is 0 Å². The Kier molecular flexibility index (Phi) is 4.90. The summed E-state index contributed by atoms with van der Waals surface area (Å²) in [5, 5.41) is 3.34. The van der Waals surface area contributed by atoms with Crippen LogP contribution >= 0.6 is 11.6 Å². The van der Waals surface area contributed by atoms with Crippen molar-refractivity contribution in [3.8, 4) is 11.5 Å². The van der Waals surface area contributed by atoms with Crippen LogP contribution in [0, 0.1) is 0 Å². The molecule has 1 saturated heterocycles. The van der Waals surface area contributed by atoms with Crippen LogP contribution < -0.4 is 19.7 Å². The Balaban J connectivity index is 1.51. The summed E-state index contributed by atoms with van der Waals surface area (Å²) in [4.78, 5) is 26.3. The van der Waals surface area contributed by atoms with Crippen molar-refractivity contribution < 1.29 is 19.1 Å². The lowest BCUT2D eigenvalue weighted by Gasteiger charge is -2.21. The van der Waals surface area contributed by atoms with E-state index in [0.717, 1.165) is 17.7 Å². The average Bonchev–Trinajstić information content (AvgIpc) is 3.08. The molecule has 27 heavy (non-hydrogen) atoms. The number of nitrogens with zero attached hydrogens (tertiary/aromatic N) is 1. The number of halogens is 1. The van der Waals surface area contributed by atoms with Crippen molar-refractivity contribution in [2.45, 2.75) is 19.3 Å². The van der Waals surface area contributed by atoms with Gasteiger partial charge in [-0.15, -0.1) is 0 Å². The van der Waals surface area contributed by atoms with Crippen LogP contribution in [0.3, 0.4) is 0 Å². The van der Waals surface area contributed by atoms with E-state index in [2.05, 4.69) is 5.32 Å². The molecule has 2 heterocycles. The molecule has 0 unspecified atom stereocenters.